The molecule has 0 fully saturated rings. The van der Waals surface area contributed by atoms with Crippen LogP contribution in [0.15, 0.2) is 66.8 Å². The molecule has 1 aromatic carbocycles. The summed E-state index contributed by atoms with van der Waals surface area (Å²) in [7, 11) is 0. The van der Waals surface area contributed by atoms with Crippen molar-refractivity contribution in [2.45, 2.75) is 0 Å². The number of nitrogens with one attached hydrogen (secondary N) is 2. The van der Waals surface area contributed by atoms with E-state index in [1.165, 1.54) is 0 Å². The molecule has 4 nitrogen and oxygen atoms in total. The highest BCUT2D eigenvalue weighted by Gasteiger charge is 2.24. The van der Waals surface area contributed by atoms with Crippen LogP contribution >= 0.6 is 0 Å². The molecular formula is C19H13N3O. The van der Waals surface area contributed by atoms with Crippen LogP contribution < -0.4 is 5.32 Å². The lowest BCUT2D eigenvalue weighted by atomic mass is 10.0. The fraction of sp³-hybridized carbons (Fsp3) is 0. The first-order chi connectivity index (χ1) is 11.3. The third kappa shape index (κ3) is 2.48. The van der Waals surface area contributed by atoms with Gasteiger partial charge < -0.3 is 10.3 Å². The highest BCUT2D eigenvalue weighted by Crippen LogP contribution is 2.34. The van der Waals surface area contributed by atoms with Gasteiger partial charge in [0.05, 0.1) is 5.57 Å². The third-order valence-corrected chi connectivity index (χ3v) is 3.75. The molecule has 2 aromatic heterocycles. The van der Waals surface area contributed by atoms with Gasteiger partial charge in [0.2, 0.25) is 0 Å². The summed E-state index contributed by atoms with van der Waals surface area (Å²) in [6.07, 6.45) is 7.17. The Labute approximate surface area is 133 Å². The van der Waals surface area contributed by atoms with Gasteiger partial charge in [-0.2, -0.15) is 0 Å². The van der Waals surface area contributed by atoms with Crippen LogP contribution in [0.1, 0.15) is 11.3 Å². The molecule has 2 N–H and O–H groups in total. The first kappa shape index (κ1) is 13.3. The van der Waals surface area contributed by atoms with E-state index in [9.17, 15) is 4.79 Å². The van der Waals surface area contributed by atoms with Crippen molar-refractivity contribution in [2.75, 3.05) is 5.32 Å². The number of anilines is 1. The van der Waals surface area contributed by atoms with Gasteiger partial charge in [-0.1, -0.05) is 12.1 Å². The lowest BCUT2D eigenvalue weighted by Crippen LogP contribution is -2.02. The fourth-order valence-electron chi connectivity index (χ4n) is 2.61. The van der Waals surface area contributed by atoms with Crippen LogP contribution in [0.25, 0.3) is 22.8 Å². The SMILES string of the molecule is O=C1Nc2ccc(-c3cccnc3)cc2C1=C=Cc1ccc[nH]1. The van der Waals surface area contributed by atoms with E-state index in [-0.39, 0.29) is 5.91 Å². The topological polar surface area (TPSA) is 57.8 Å². The number of hydrogen-bond acceptors (Lipinski definition) is 2. The number of H-pyrrole nitrogens is 1. The van der Waals surface area contributed by atoms with E-state index < -0.39 is 0 Å². The van der Waals surface area contributed by atoms with Crippen molar-refractivity contribution in [1.29, 1.82) is 0 Å². The highest BCUT2D eigenvalue weighted by atomic mass is 16.1. The Bertz CT molecular complexity index is 934. The lowest BCUT2D eigenvalue weighted by molar-refractivity contribution is -0.110. The largest absolute Gasteiger partial charge is 0.361 e. The molecule has 0 bridgehead atoms. The molecule has 4 rings (SSSR count). The number of hydrogen-bond donors (Lipinski definition) is 2. The van der Waals surface area contributed by atoms with Gasteiger partial charge >= 0.3 is 0 Å². The number of rotatable bonds is 2. The van der Waals surface area contributed by atoms with E-state index in [1.807, 2.05) is 54.9 Å². The number of amides is 1. The van der Waals surface area contributed by atoms with E-state index in [4.69, 9.17) is 0 Å². The van der Waals surface area contributed by atoms with E-state index in [1.54, 1.807) is 12.3 Å². The molecule has 0 saturated heterocycles. The molecule has 0 aliphatic carbocycles. The van der Waals surface area contributed by atoms with E-state index in [2.05, 4.69) is 21.0 Å². The highest BCUT2D eigenvalue weighted by molar-refractivity contribution is 6.31. The van der Waals surface area contributed by atoms with Crippen molar-refractivity contribution in [3.05, 3.63) is 78.0 Å². The maximum Gasteiger partial charge on any atom is 0.264 e. The first-order valence-corrected chi connectivity index (χ1v) is 7.27. The molecule has 23 heavy (non-hydrogen) atoms. The van der Waals surface area contributed by atoms with Crippen LogP contribution in [-0.4, -0.2) is 15.9 Å². The number of carbonyl (C=O) groups is 1. The van der Waals surface area contributed by atoms with Crippen molar-refractivity contribution in [1.82, 2.24) is 9.97 Å². The zero-order valence-electron chi connectivity index (χ0n) is 12.2. The molecule has 4 heteroatoms. The van der Waals surface area contributed by atoms with Crippen LogP contribution in [0.2, 0.25) is 0 Å². The molecule has 0 spiro atoms. The summed E-state index contributed by atoms with van der Waals surface area (Å²) < 4.78 is 0. The fourth-order valence-corrected chi connectivity index (χ4v) is 2.61. The normalized spacial score (nSPS) is 12.5. The predicted octanol–water partition coefficient (Wildman–Crippen LogP) is 3.72. The predicted molar refractivity (Wildman–Crippen MR) is 90.5 cm³/mol. The lowest BCUT2D eigenvalue weighted by Gasteiger charge is -2.03. The molecule has 0 saturated carbocycles. The van der Waals surface area contributed by atoms with Crippen molar-refractivity contribution >= 4 is 23.2 Å². The number of fused-ring (bicyclic) bond motifs is 1. The smallest absolute Gasteiger partial charge is 0.264 e. The Balaban J connectivity index is 1.82. The van der Waals surface area contributed by atoms with Crippen LogP contribution in [-0.2, 0) is 4.79 Å². The summed E-state index contributed by atoms with van der Waals surface area (Å²) >= 11 is 0. The van der Waals surface area contributed by atoms with Gasteiger partial charge in [0.1, 0.15) is 0 Å². The number of pyridine rings is 1. The summed E-state index contributed by atoms with van der Waals surface area (Å²) in [5.41, 5.74) is 8.26. The molecule has 0 radical (unpaired) electrons. The zero-order chi connectivity index (χ0) is 15.6. The van der Waals surface area contributed by atoms with Gasteiger partial charge in [-0.3, -0.25) is 9.78 Å². The second-order valence-corrected chi connectivity index (χ2v) is 5.25. The van der Waals surface area contributed by atoms with Crippen LogP contribution in [0.4, 0.5) is 5.69 Å². The standard InChI is InChI=1S/C19H13N3O/c23-19-16(7-6-15-4-2-10-21-15)17-11-13(5-8-18(17)22-19)14-3-1-9-20-12-14/h1-6,8-12,21H,(H,22,23). The third-order valence-electron chi connectivity index (χ3n) is 3.75. The minimum absolute atomic E-state index is 0.133. The Morgan fingerprint density at radius 2 is 2.04 bits per heavy atom. The van der Waals surface area contributed by atoms with E-state index in [0.29, 0.717) is 5.57 Å². The summed E-state index contributed by atoms with van der Waals surface area (Å²) in [6.45, 7) is 0. The minimum atomic E-state index is -0.133. The average molecular weight is 299 g/mol. The second kappa shape index (κ2) is 5.44. The van der Waals surface area contributed by atoms with Gasteiger partial charge in [-0.25, -0.2) is 0 Å². The molecule has 0 unspecified atom stereocenters. The maximum atomic E-state index is 12.2. The molecule has 110 valence electrons. The van der Waals surface area contributed by atoms with Gasteiger partial charge in [-0.15, -0.1) is 5.73 Å². The Morgan fingerprint density at radius 3 is 2.83 bits per heavy atom. The Morgan fingerprint density at radius 1 is 1.09 bits per heavy atom. The van der Waals surface area contributed by atoms with Crippen molar-refractivity contribution < 1.29 is 4.79 Å². The number of carbonyl (C=O) groups excluding carboxylic acids is 1. The molecule has 1 aliphatic heterocycles. The van der Waals surface area contributed by atoms with Gasteiger partial charge in [0.25, 0.3) is 5.91 Å². The first-order valence-electron chi connectivity index (χ1n) is 7.27. The Hall–Kier alpha value is -3.36. The maximum absolute atomic E-state index is 12.2. The number of aromatic nitrogens is 2. The van der Waals surface area contributed by atoms with Crippen LogP contribution in [0.3, 0.4) is 0 Å². The van der Waals surface area contributed by atoms with Crippen LogP contribution in [0, 0.1) is 0 Å². The summed E-state index contributed by atoms with van der Waals surface area (Å²) in [5.74, 6) is -0.133. The Kier molecular flexibility index (Phi) is 3.15. The molecule has 3 aromatic rings. The number of benzene rings is 1. The summed E-state index contributed by atoms with van der Waals surface area (Å²) in [4.78, 5) is 19.4. The number of aromatic amines is 1. The van der Waals surface area contributed by atoms with E-state index >= 15 is 0 Å². The van der Waals surface area contributed by atoms with Crippen molar-refractivity contribution in [3.8, 4) is 11.1 Å². The molecular weight excluding hydrogens is 286 g/mol. The van der Waals surface area contributed by atoms with Gasteiger partial charge in [-0.05, 0) is 35.9 Å². The zero-order valence-corrected chi connectivity index (χ0v) is 12.2. The average Bonchev–Trinajstić information content (AvgIpc) is 3.20. The van der Waals surface area contributed by atoms with Gasteiger partial charge in [0.15, 0.2) is 0 Å². The van der Waals surface area contributed by atoms with Crippen LogP contribution in [0.5, 0.6) is 0 Å². The molecule has 1 aliphatic rings. The second-order valence-electron chi connectivity index (χ2n) is 5.25. The monoisotopic (exact) mass is 299 g/mol. The molecule has 3 heterocycles. The summed E-state index contributed by atoms with van der Waals surface area (Å²) in [6, 6.07) is 13.6. The quantitative estimate of drug-likeness (QED) is 0.559. The summed E-state index contributed by atoms with van der Waals surface area (Å²) in [5, 5.41) is 2.87. The number of nitrogens with zero attached hydrogens (tertiary/aromatic N) is 1. The van der Waals surface area contributed by atoms with Gasteiger partial charge in [0, 0.05) is 47.2 Å². The molecule has 1 amide bonds. The molecule has 0 atom stereocenters. The van der Waals surface area contributed by atoms with Crippen molar-refractivity contribution in [2.24, 2.45) is 0 Å². The van der Waals surface area contributed by atoms with Crippen molar-refractivity contribution in [3.63, 3.8) is 0 Å². The minimum Gasteiger partial charge on any atom is -0.361 e. The van der Waals surface area contributed by atoms with E-state index in [0.717, 1.165) is 28.1 Å².